The molecule has 0 fully saturated rings. The minimum Gasteiger partial charge on any atom is -0.481 e. The summed E-state index contributed by atoms with van der Waals surface area (Å²) in [5.41, 5.74) is 5.28. The number of aliphatic carboxylic acids is 1. The predicted molar refractivity (Wildman–Crippen MR) is 92.7 cm³/mol. The van der Waals surface area contributed by atoms with Crippen LogP contribution in [0.25, 0.3) is 11.4 Å². The Balaban J connectivity index is 1.82. The van der Waals surface area contributed by atoms with E-state index in [1.165, 1.54) is 0 Å². The molecule has 1 atom stereocenters. The Kier molecular flexibility index (Phi) is 5.94. The maximum Gasteiger partial charge on any atom is 0.304 e. The molecule has 0 radical (unpaired) electrons. The van der Waals surface area contributed by atoms with Crippen LogP contribution in [0.4, 0.5) is 13.2 Å². The minimum absolute atomic E-state index is 0.00841. The van der Waals surface area contributed by atoms with Gasteiger partial charge in [-0.05, 0) is 23.4 Å². The van der Waals surface area contributed by atoms with Crippen LogP contribution in [-0.2, 0) is 11.3 Å². The molecule has 1 unspecified atom stereocenters. The second-order valence-electron chi connectivity index (χ2n) is 5.81. The number of halogens is 4. The summed E-state index contributed by atoms with van der Waals surface area (Å²) in [7, 11) is 0. The van der Waals surface area contributed by atoms with Gasteiger partial charge in [0.15, 0.2) is 17.4 Å². The van der Waals surface area contributed by atoms with E-state index in [1.54, 1.807) is 0 Å². The van der Waals surface area contributed by atoms with Crippen molar-refractivity contribution in [1.82, 2.24) is 25.2 Å². The van der Waals surface area contributed by atoms with Crippen LogP contribution in [0.2, 0.25) is 5.02 Å². The third-order valence-electron chi connectivity index (χ3n) is 3.56. The number of benzene rings is 1. The number of rotatable bonds is 7. The average molecular weight is 429 g/mol. The van der Waals surface area contributed by atoms with E-state index in [9.17, 15) is 18.0 Å². The molecule has 0 aliphatic rings. The van der Waals surface area contributed by atoms with Crippen molar-refractivity contribution in [1.29, 1.82) is 0 Å². The first-order chi connectivity index (χ1) is 13.7. The molecule has 3 rings (SSSR count). The van der Waals surface area contributed by atoms with Crippen molar-refractivity contribution >= 4 is 17.6 Å². The molecule has 0 aliphatic carbocycles. The van der Waals surface area contributed by atoms with Gasteiger partial charge >= 0.3 is 5.97 Å². The zero-order valence-corrected chi connectivity index (χ0v) is 15.1. The Bertz CT molecular complexity index is 1060. The van der Waals surface area contributed by atoms with Crippen molar-refractivity contribution in [2.75, 3.05) is 0 Å². The van der Waals surface area contributed by atoms with Gasteiger partial charge in [0.25, 0.3) is 5.88 Å². The van der Waals surface area contributed by atoms with Crippen LogP contribution < -0.4 is 10.5 Å². The van der Waals surface area contributed by atoms with E-state index in [4.69, 9.17) is 27.2 Å². The molecule has 0 saturated carbocycles. The maximum atomic E-state index is 14.4. The highest BCUT2D eigenvalue weighted by molar-refractivity contribution is 6.30. The Morgan fingerprint density at radius 2 is 2.07 bits per heavy atom. The number of pyridine rings is 1. The van der Waals surface area contributed by atoms with E-state index in [1.807, 2.05) is 0 Å². The van der Waals surface area contributed by atoms with Gasteiger partial charge in [-0.15, -0.1) is 10.2 Å². The average Bonchev–Trinajstić information content (AvgIpc) is 3.08. The number of carboxylic acid groups (broad SMARTS) is 1. The highest BCUT2D eigenvalue weighted by atomic mass is 35.5. The van der Waals surface area contributed by atoms with Crippen LogP contribution in [-0.4, -0.2) is 42.3 Å². The fourth-order valence-electron chi connectivity index (χ4n) is 2.29. The lowest BCUT2D eigenvalue weighted by molar-refractivity contribution is -0.137. The van der Waals surface area contributed by atoms with Gasteiger partial charge in [0.2, 0.25) is 11.6 Å². The number of aromatic nitrogens is 5. The summed E-state index contributed by atoms with van der Waals surface area (Å²) in [6.45, 7) is -0.0912. The van der Waals surface area contributed by atoms with Gasteiger partial charge < -0.3 is 15.6 Å². The fourth-order valence-corrected chi connectivity index (χ4v) is 2.44. The number of carboxylic acids is 1. The molecule has 0 amide bonds. The van der Waals surface area contributed by atoms with E-state index < -0.39 is 41.1 Å². The summed E-state index contributed by atoms with van der Waals surface area (Å²) in [4.78, 5) is 15.2. The summed E-state index contributed by atoms with van der Waals surface area (Å²) < 4.78 is 47.5. The monoisotopic (exact) mass is 428 g/mol. The standard InChI is InChI=1S/C16H12ClF3N6O3/c17-7-3-10(18)16(22-5-7)29-11-2-1-9(13(19)14(11)20)15-23-25-26(24-15)6-8(21)4-12(27)28/h1-3,5,8H,4,6,21H2,(H,27,28). The van der Waals surface area contributed by atoms with Crippen molar-refractivity contribution < 1.29 is 27.8 Å². The number of tetrazole rings is 1. The number of hydrogen-bond donors (Lipinski definition) is 2. The molecule has 0 bridgehead atoms. The number of ether oxygens (including phenoxy) is 1. The van der Waals surface area contributed by atoms with Crippen molar-refractivity contribution in [3.05, 3.63) is 46.9 Å². The van der Waals surface area contributed by atoms with Crippen molar-refractivity contribution in [2.24, 2.45) is 5.73 Å². The molecule has 3 N–H and O–H groups in total. The molecule has 9 nitrogen and oxygen atoms in total. The largest absolute Gasteiger partial charge is 0.481 e. The lowest BCUT2D eigenvalue weighted by Gasteiger charge is -2.09. The molecular formula is C16H12ClF3N6O3. The minimum atomic E-state index is -1.42. The third-order valence-corrected chi connectivity index (χ3v) is 3.76. The molecule has 2 aromatic heterocycles. The van der Waals surface area contributed by atoms with Gasteiger partial charge in [-0.25, -0.2) is 13.8 Å². The van der Waals surface area contributed by atoms with Crippen LogP contribution >= 0.6 is 11.6 Å². The van der Waals surface area contributed by atoms with Crippen LogP contribution in [0.3, 0.4) is 0 Å². The molecule has 0 spiro atoms. The topological polar surface area (TPSA) is 129 Å². The molecule has 29 heavy (non-hydrogen) atoms. The Hall–Kier alpha value is -3.25. The first-order valence-electron chi connectivity index (χ1n) is 7.97. The second kappa shape index (κ2) is 8.41. The van der Waals surface area contributed by atoms with E-state index in [0.717, 1.165) is 29.2 Å². The van der Waals surface area contributed by atoms with Gasteiger partial charge in [0, 0.05) is 12.2 Å². The maximum absolute atomic E-state index is 14.4. The Morgan fingerprint density at radius 3 is 2.76 bits per heavy atom. The zero-order chi connectivity index (χ0) is 21.1. The lowest BCUT2D eigenvalue weighted by Crippen LogP contribution is -2.30. The second-order valence-corrected chi connectivity index (χ2v) is 6.24. The number of hydrogen-bond acceptors (Lipinski definition) is 7. The van der Waals surface area contributed by atoms with Gasteiger partial charge in [-0.1, -0.05) is 11.6 Å². The van der Waals surface area contributed by atoms with Crippen LogP contribution in [0.15, 0.2) is 24.4 Å². The SMILES string of the molecule is NC(CC(=O)O)Cn1nnc(-c2ccc(Oc3ncc(Cl)cc3F)c(F)c2F)n1. The van der Waals surface area contributed by atoms with Gasteiger partial charge in [0.1, 0.15) is 0 Å². The number of carbonyl (C=O) groups is 1. The normalized spacial score (nSPS) is 12.0. The lowest BCUT2D eigenvalue weighted by atomic mass is 10.2. The quantitative estimate of drug-likeness (QED) is 0.587. The summed E-state index contributed by atoms with van der Waals surface area (Å²) in [5, 5.41) is 19.8. The Morgan fingerprint density at radius 1 is 1.31 bits per heavy atom. The van der Waals surface area contributed by atoms with E-state index >= 15 is 0 Å². The van der Waals surface area contributed by atoms with Crippen molar-refractivity contribution in [3.63, 3.8) is 0 Å². The fraction of sp³-hybridized carbons (Fsp3) is 0.188. The first kappa shape index (κ1) is 20.5. The van der Waals surface area contributed by atoms with Gasteiger partial charge in [-0.3, -0.25) is 4.79 Å². The number of nitrogens with two attached hydrogens (primary N) is 1. The van der Waals surface area contributed by atoms with E-state index in [2.05, 4.69) is 20.4 Å². The molecule has 1 aromatic carbocycles. The summed E-state index contributed by atoms with van der Waals surface area (Å²) in [6, 6.07) is 2.26. The van der Waals surface area contributed by atoms with Crippen molar-refractivity contribution in [3.8, 4) is 23.0 Å². The number of nitrogens with zero attached hydrogens (tertiary/aromatic N) is 5. The van der Waals surface area contributed by atoms with Gasteiger partial charge in [0.05, 0.1) is 23.6 Å². The highest BCUT2D eigenvalue weighted by Gasteiger charge is 2.21. The summed E-state index contributed by atoms with van der Waals surface area (Å²) >= 11 is 5.57. The Labute approximate surface area is 165 Å². The smallest absolute Gasteiger partial charge is 0.304 e. The molecule has 152 valence electrons. The molecule has 13 heteroatoms. The van der Waals surface area contributed by atoms with Crippen LogP contribution in [0.1, 0.15) is 6.42 Å². The summed E-state index contributed by atoms with van der Waals surface area (Å²) in [5.74, 6) is -6.29. The molecule has 0 aliphatic heterocycles. The molecule has 3 aromatic rings. The van der Waals surface area contributed by atoms with Crippen LogP contribution in [0.5, 0.6) is 11.6 Å². The highest BCUT2D eigenvalue weighted by Crippen LogP contribution is 2.31. The zero-order valence-electron chi connectivity index (χ0n) is 14.4. The van der Waals surface area contributed by atoms with E-state index in [-0.39, 0.29) is 29.4 Å². The first-order valence-corrected chi connectivity index (χ1v) is 8.35. The van der Waals surface area contributed by atoms with Crippen LogP contribution in [0, 0.1) is 17.5 Å². The molecule has 0 saturated heterocycles. The van der Waals surface area contributed by atoms with E-state index in [0.29, 0.717) is 0 Å². The van der Waals surface area contributed by atoms with Gasteiger partial charge in [-0.2, -0.15) is 9.19 Å². The predicted octanol–water partition coefficient (Wildman–Crippen LogP) is 2.40. The third kappa shape index (κ3) is 4.78. The molecule has 2 heterocycles. The molecular weight excluding hydrogens is 417 g/mol. The van der Waals surface area contributed by atoms with Crippen molar-refractivity contribution in [2.45, 2.75) is 19.0 Å². The summed E-state index contributed by atoms with van der Waals surface area (Å²) in [6.07, 6.45) is 0.751.